The summed E-state index contributed by atoms with van der Waals surface area (Å²) in [7, 11) is 0. The second-order valence-electron chi connectivity index (χ2n) is 8.14. The van der Waals surface area contributed by atoms with Crippen molar-refractivity contribution in [3.8, 4) is 16.9 Å². The van der Waals surface area contributed by atoms with E-state index in [0.29, 0.717) is 12.8 Å². The number of hydrogen-bond donors (Lipinski definition) is 2. The van der Waals surface area contributed by atoms with Gasteiger partial charge in [-0.15, -0.1) is 5.10 Å². The fraction of sp³-hybridized carbons (Fsp3) is 0.409. The molecule has 0 spiro atoms. The molecule has 2 saturated heterocycles. The monoisotopic (exact) mass is 403 g/mol. The lowest BCUT2D eigenvalue weighted by Crippen LogP contribution is -2.49. The molecule has 2 N–H and O–H groups in total. The predicted molar refractivity (Wildman–Crippen MR) is 116 cm³/mol. The highest BCUT2D eigenvalue weighted by Gasteiger charge is 2.35. The van der Waals surface area contributed by atoms with Crippen molar-refractivity contribution in [1.29, 1.82) is 0 Å². The smallest absolute Gasteiger partial charge is 0.178 e. The highest BCUT2D eigenvalue weighted by molar-refractivity contribution is 6.00. The second-order valence-corrected chi connectivity index (χ2v) is 8.14. The van der Waals surface area contributed by atoms with Gasteiger partial charge >= 0.3 is 0 Å². The first kappa shape index (κ1) is 17.7. The lowest BCUT2D eigenvalue weighted by atomic mass is 9.94. The van der Waals surface area contributed by atoms with Gasteiger partial charge in [0, 0.05) is 23.9 Å². The van der Waals surface area contributed by atoms with Gasteiger partial charge in [0.15, 0.2) is 5.65 Å². The molecular weight excluding hydrogens is 378 g/mol. The number of anilines is 1. The molecule has 2 aliphatic rings. The van der Waals surface area contributed by atoms with Crippen LogP contribution < -0.4 is 15.0 Å². The van der Waals surface area contributed by atoms with Gasteiger partial charge in [-0.25, -0.2) is 9.50 Å². The zero-order valence-electron chi connectivity index (χ0n) is 17.0. The quantitative estimate of drug-likeness (QED) is 0.544. The minimum absolute atomic E-state index is 0.422. The molecule has 4 aromatic heterocycles. The van der Waals surface area contributed by atoms with Crippen molar-refractivity contribution in [1.82, 2.24) is 30.1 Å². The molecule has 0 aliphatic carbocycles. The Morgan fingerprint density at radius 1 is 1.23 bits per heavy atom. The van der Waals surface area contributed by atoms with Crippen molar-refractivity contribution in [3.63, 3.8) is 0 Å². The number of fused-ring (bicyclic) bond motifs is 4. The van der Waals surface area contributed by atoms with Gasteiger partial charge < -0.3 is 9.64 Å². The van der Waals surface area contributed by atoms with Crippen LogP contribution in [-0.2, 0) is 0 Å². The lowest BCUT2D eigenvalue weighted by molar-refractivity contribution is 0.338. The molecule has 0 radical (unpaired) electrons. The number of piperidine rings is 1. The summed E-state index contributed by atoms with van der Waals surface area (Å²) in [5.41, 5.74) is 3.86. The third-order valence-corrected chi connectivity index (χ3v) is 6.39. The zero-order valence-corrected chi connectivity index (χ0v) is 17.0. The van der Waals surface area contributed by atoms with E-state index in [9.17, 15) is 0 Å². The van der Waals surface area contributed by atoms with Crippen LogP contribution in [0.4, 0.5) is 5.82 Å². The van der Waals surface area contributed by atoms with Crippen molar-refractivity contribution in [2.24, 2.45) is 5.92 Å². The standard InChI is InChI=1S/C22H25N7O/c1-2-30-16-10-17(20-18-12-25-26-21(18)27-29(20)13-16)15-5-6-19(24-11-15)28-9-3-4-14-7-8-23-22(14)28/h5-6,10-14,22-23H,2-4,7-9H2,1H3,(H,26,27)/t14-,22-/m1/s1. The van der Waals surface area contributed by atoms with E-state index in [1.54, 1.807) is 0 Å². The molecule has 0 amide bonds. The third kappa shape index (κ3) is 2.74. The predicted octanol–water partition coefficient (Wildman–Crippen LogP) is 3.21. The summed E-state index contributed by atoms with van der Waals surface area (Å²) in [6.07, 6.45) is 9.95. The number of aromatic amines is 1. The Kier molecular flexibility index (Phi) is 4.12. The molecule has 2 fully saturated rings. The normalized spacial score (nSPS) is 21.4. The Balaban J connectivity index is 1.42. The summed E-state index contributed by atoms with van der Waals surface area (Å²) in [5, 5.41) is 16.4. The van der Waals surface area contributed by atoms with Gasteiger partial charge in [-0.05, 0) is 56.8 Å². The summed E-state index contributed by atoms with van der Waals surface area (Å²) in [4.78, 5) is 7.30. The number of ether oxygens (including phenoxy) is 1. The van der Waals surface area contributed by atoms with E-state index in [1.165, 1.54) is 19.3 Å². The Morgan fingerprint density at radius 2 is 2.20 bits per heavy atom. The molecule has 30 heavy (non-hydrogen) atoms. The first-order chi connectivity index (χ1) is 14.8. The van der Waals surface area contributed by atoms with E-state index in [-0.39, 0.29) is 0 Å². The summed E-state index contributed by atoms with van der Waals surface area (Å²) < 4.78 is 7.66. The highest BCUT2D eigenvalue weighted by atomic mass is 16.5. The van der Waals surface area contributed by atoms with Crippen LogP contribution in [0.3, 0.4) is 0 Å². The van der Waals surface area contributed by atoms with Crippen LogP contribution in [-0.4, -0.2) is 50.7 Å². The van der Waals surface area contributed by atoms with E-state index in [1.807, 2.05) is 30.0 Å². The van der Waals surface area contributed by atoms with E-state index in [4.69, 9.17) is 9.72 Å². The SMILES string of the molecule is CCOc1cc(-c2ccc(N3CCC[C@@H]4CCN[C@@H]43)nc2)c2c3cn[nH]c3nn2c1. The van der Waals surface area contributed by atoms with Crippen molar-refractivity contribution in [2.45, 2.75) is 32.4 Å². The van der Waals surface area contributed by atoms with Crippen LogP contribution in [0.5, 0.6) is 5.75 Å². The van der Waals surface area contributed by atoms with Crippen molar-refractivity contribution >= 4 is 22.4 Å². The van der Waals surface area contributed by atoms with E-state index in [0.717, 1.165) is 58.3 Å². The molecule has 2 atom stereocenters. The van der Waals surface area contributed by atoms with Gasteiger partial charge in [0.25, 0.3) is 0 Å². The number of aromatic nitrogens is 5. The maximum Gasteiger partial charge on any atom is 0.178 e. The number of pyridine rings is 2. The zero-order chi connectivity index (χ0) is 20.1. The number of H-pyrrole nitrogens is 1. The molecular formula is C22H25N7O. The van der Waals surface area contributed by atoms with Crippen molar-refractivity contribution in [2.75, 3.05) is 24.6 Å². The van der Waals surface area contributed by atoms with Gasteiger partial charge in [0.05, 0.1) is 36.1 Å². The fourth-order valence-corrected chi connectivity index (χ4v) is 5.05. The van der Waals surface area contributed by atoms with Crippen LogP contribution in [0, 0.1) is 5.92 Å². The molecule has 6 rings (SSSR count). The molecule has 0 saturated carbocycles. The van der Waals surface area contributed by atoms with Gasteiger partial charge in [0.2, 0.25) is 0 Å². The van der Waals surface area contributed by atoms with E-state index in [2.05, 4.69) is 43.7 Å². The van der Waals surface area contributed by atoms with Crippen molar-refractivity contribution < 1.29 is 4.74 Å². The molecule has 154 valence electrons. The fourth-order valence-electron chi connectivity index (χ4n) is 5.05. The summed E-state index contributed by atoms with van der Waals surface area (Å²) in [5.74, 6) is 2.57. The van der Waals surface area contributed by atoms with Gasteiger partial charge in [-0.2, -0.15) is 5.10 Å². The van der Waals surface area contributed by atoms with Crippen LogP contribution in [0.2, 0.25) is 0 Å². The summed E-state index contributed by atoms with van der Waals surface area (Å²) in [6.45, 7) is 4.75. The number of nitrogens with one attached hydrogen (secondary N) is 2. The van der Waals surface area contributed by atoms with E-state index >= 15 is 0 Å². The number of hydrogen-bond acceptors (Lipinski definition) is 6. The average Bonchev–Trinajstić information content (AvgIpc) is 3.49. The van der Waals surface area contributed by atoms with Crippen molar-refractivity contribution in [3.05, 3.63) is 36.8 Å². The average molecular weight is 403 g/mol. The van der Waals surface area contributed by atoms with Gasteiger partial charge in [0.1, 0.15) is 11.6 Å². The second kappa shape index (κ2) is 6.98. The molecule has 0 bridgehead atoms. The molecule has 2 aliphatic heterocycles. The van der Waals surface area contributed by atoms with Gasteiger partial charge in [-0.3, -0.25) is 10.4 Å². The third-order valence-electron chi connectivity index (χ3n) is 6.39. The summed E-state index contributed by atoms with van der Waals surface area (Å²) >= 11 is 0. The first-order valence-corrected chi connectivity index (χ1v) is 10.8. The Labute approximate surface area is 174 Å². The molecule has 0 unspecified atom stereocenters. The largest absolute Gasteiger partial charge is 0.492 e. The number of rotatable bonds is 4. The molecule has 8 nitrogen and oxygen atoms in total. The Morgan fingerprint density at radius 3 is 3.07 bits per heavy atom. The molecule has 8 heteroatoms. The first-order valence-electron chi connectivity index (χ1n) is 10.8. The Bertz CT molecular complexity index is 1200. The number of nitrogens with zero attached hydrogens (tertiary/aromatic N) is 5. The van der Waals surface area contributed by atoms with Gasteiger partial charge in [-0.1, -0.05) is 0 Å². The molecule has 4 aromatic rings. The minimum Gasteiger partial charge on any atom is -0.492 e. The summed E-state index contributed by atoms with van der Waals surface area (Å²) in [6, 6.07) is 6.37. The maximum absolute atomic E-state index is 5.79. The minimum atomic E-state index is 0.422. The highest BCUT2D eigenvalue weighted by Crippen LogP contribution is 2.35. The maximum atomic E-state index is 5.79. The van der Waals surface area contributed by atoms with Crippen LogP contribution in [0.1, 0.15) is 26.2 Å². The van der Waals surface area contributed by atoms with E-state index < -0.39 is 0 Å². The molecule has 0 aromatic carbocycles. The topological polar surface area (TPSA) is 83.4 Å². The Hall–Kier alpha value is -3.13. The lowest BCUT2D eigenvalue weighted by Gasteiger charge is -2.38. The molecule has 6 heterocycles. The van der Waals surface area contributed by atoms with Crippen LogP contribution >= 0.6 is 0 Å². The van der Waals surface area contributed by atoms with Crippen LogP contribution in [0.15, 0.2) is 36.8 Å². The van der Waals surface area contributed by atoms with Crippen LogP contribution in [0.25, 0.3) is 27.7 Å².